The molecule has 0 fully saturated rings. The largest absolute Gasteiger partial charge is 0.246 e. The van der Waals surface area contributed by atoms with Crippen LogP contribution in [-0.4, -0.2) is 15.6 Å². The van der Waals surface area contributed by atoms with Crippen molar-refractivity contribution in [2.24, 2.45) is 0 Å². The minimum absolute atomic E-state index is 0.0391. The molecule has 108 valence electrons. The number of nitrogens with zero attached hydrogens (tertiary/aromatic N) is 1. The molecule has 1 heterocycles. The van der Waals surface area contributed by atoms with Crippen molar-refractivity contribution >= 4 is 59.1 Å². The fraction of sp³-hybridized carbons (Fsp3) is 0.400. The molecule has 0 saturated heterocycles. The van der Waals surface area contributed by atoms with Gasteiger partial charge in [-0.25, -0.2) is 4.98 Å². The first-order chi connectivity index (χ1) is 9.50. The Balaban J connectivity index is 2.36. The van der Waals surface area contributed by atoms with Crippen LogP contribution < -0.4 is 0 Å². The van der Waals surface area contributed by atoms with Crippen LogP contribution in [0.25, 0.3) is 0 Å². The van der Waals surface area contributed by atoms with Crippen molar-refractivity contribution in [3.63, 3.8) is 0 Å². The number of halogens is 3. The maximum atomic E-state index is 4.70. The number of benzene rings is 1. The standard InChI is InChI=1S/C15H16Br3NS/c1-10-11(2)20-14(19-10)7-15(8-16,9-17)12-3-5-13(18)6-4-12/h3-6H,7-9H2,1-2H3. The van der Waals surface area contributed by atoms with Gasteiger partial charge in [0.2, 0.25) is 0 Å². The van der Waals surface area contributed by atoms with Crippen molar-refractivity contribution in [3.8, 4) is 0 Å². The van der Waals surface area contributed by atoms with E-state index in [0.717, 1.165) is 27.2 Å². The third-order valence-corrected chi connectivity index (χ3v) is 7.28. The van der Waals surface area contributed by atoms with Gasteiger partial charge in [0.1, 0.15) is 0 Å². The van der Waals surface area contributed by atoms with E-state index in [1.54, 1.807) is 0 Å². The first-order valence-electron chi connectivity index (χ1n) is 6.31. The summed E-state index contributed by atoms with van der Waals surface area (Å²) < 4.78 is 1.11. The number of aryl methyl sites for hydroxylation is 2. The van der Waals surface area contributed by atoms with Crippen LogP contribution in [0.15, 0.2) is 28.7 Å². The van der Waals surface area contributed by atoms with Crippen LogP contribution in [0.5, 0.6) is 0 Å². The summed E-state index contributed by atoms with van der Waals surface area (Å²) in [6, 6.07) is 8.60. The van der Waals surface area contributed by atoms with E-state index in [9.17, 15) is 0 Å². The summed E-state index contributed by atoms with van der Waals surface area (Å²) in [5.41, 5.74) is 2.52. The van der Waals surface area contributed by atoms with Gasteiger partial charge in [0.05, 0.1) is 10.7 Å². The number of thiazole rings is 1. The van der Waals surface area contributed by atoms with Gasteiger partial charge in [-0.3, -0.25) is 0 Å². The molecule has 0 bridgehead atoms. The average molecular weight is 482 g/mol. The number of rotatable bonds is 5. The minimum Gasteiger partial charge on any atom is -0.246 e. The molecule has 0 aliphatic carbocycles. The zero-order chi connectivity index (χ0) is 14.8. The summed E-state index contributed by atoms with van der Waals surface area (Å²) >= 11 is 12.7. The molecule has 1 aromatic heterocycles. The smallest absolute Gasteiger partial charge is 0.0940 e. The third-order valence-electron chi connectivity index (χ3n) is 3.53. The van der Waals surface area contributed by atoms with Crippen molar-refractivity contribution in [2.45, 2.75) is 25.7 Å². The van der Waals surface area contributed by atoms with Crippen LogP contribution in [0.3, 0.4) is 0 Å². The lowest BCUT2D eigenvalue weighted by molar-refractivity contribution is 0.549. The van der Waals surface area contributed by atoms with Gasteiger partial charge in [0, 0.05) is 31.8 Å². The molecule has 0 unspecified atom stereocenters. The predicted octanol–water partition coefficient (Wildman–Crippen LogP) is 5.79. The van der Waals surface area contributed by atoms with Crippen molar-refractivity contribution in [3.05, 3.63) is 49.9 Å². The molecule has 0 radical (unpaired) electrons. The maximum Gasteiger partial charge on any atom is 0.0940 e. The van der Waals surface area contributed by atoms with Gasteiger partial charge in [0.15, 0.2) is 0 Å². The molecule has 0 amide bonds. The van der Waals surface area contributed by atoms with Gasteiger partial charge in [-0.2, -0.15) is 0 Å². The molecule has 0 aliphatic heterocycles. The highest BCUT2D eigenvalue weighted by Crippen LogP contribution is 2.35. The zero-order valence-electron chi connectivity index (χ0n) is 11.4. The molecule has 1 nitrogen and oxygen atoms in total. The molecular formula is C15H16Br3NS. The lowest BCUT2D eigenvalue weighted by Gasteiger charge is -2.30. The van der Waals surface area contributed by atoms with Crippen molar-refractivity contribution in [2.75, 3.05) is 10.7 Å². The molecule has 0 aliphatic rings. The monoisotopic (exact) mass is 479 g/mol. The van der Waals surface area contributed by atoms with Crippen LogP contribution in [0.4, 0.5) is 0 Å². The number of aromatic nitrogens is 1. The second-order valence-electron chi connectivity index (χ2n) is 4.98. The first kappa shape index (κ1) is 16.7. The predicted molar refractivity (Wildman–Crippen MR) is 98.7 cm³/mol. The topological polar surface area (TPSA) is 12.9 Å². The van der Waals surface area contributed by atoms with Crippen LogP contribution in [0.1, 0.15) is 21.1 Å². The van der Waals surface area contributed by atoms with Crippen LogP contribution in [0, 0.1) is 13.8 Å². The zero-order valence-corrected chi connectivity index (χ0v) is 17.0. The fourth-order valence-corrected chi connectivity index (χ4v) is 5.41. The third kappa shape index (κ3) is 3.54. The molecular weight excluding hydrogens is 466 g/mol. The van der Waals surface area contributed by atoms with Crippen LogP contribution in [-0.2, 0) is 11.8 Å². The van der Waals surface area contributed by atoms with Crippen LogP contribution in [0.2, 0.25) is 0 Å². The van der Waals surface area contributed by atoms with Gasteiger partial charge in [-0.1, -0.05) is 59.9 Å². The first-order valence-corrected chi connectivity index (χ1v) is 10.2. The molecule has 1 aromatic carbocycles. The second kappa shape index (κ2) is 7.03. The Kier molecular flexibility index (Phi) is 5.86. The lowest BCUT2D eigenvalue weighted by Crippen LogP contribution is -2.32. The van der Waals surface area contributed by atoms with Gasteiger partial charge < -0.3 is 0 Å². The highest BCUT2D eigenvalue weighted by molar-refractivity contribution is 9.10. The SMILES string of the molecule is Cc1nc(CC(CBr)(CBr)c2ccc(Br)cc2)sc1C. The van der Waals surface area contributed by atoms with Crippen molar-refractivity contribution in [1.29, 1.82) is 0 Å². The number of hydrogen-bond acceptors (Lipinski definition) is 2. The highest BCUT2D eigenvalue weighted by Gasteiger charge is 2.31. The van der Waals surface area contributed by atoms with E-state index in [4.69, 9.17) is 4.98 Å². The van der Waals surface area contributed by atoms with E-state index < -0.39 is 0 Å². The average Bonchev–Trinajstić information content (AvgIpc) is 2.76. The Morgan fingerprint density at radius 3 is 2.15 bits per heavy atom. The second-order valence-corrected chi connectivity index (χ2v) is 8.31. The van der Waals surface area contributed by atoms with Gasteiger partial charge in [-0.15, -0.1) is 11.3 Å². The summed E-state index contributed by atoms with van der Waals surface area (Å²) in [5, 5.41) is 3.02. The summed E-state index contributed by atoms with van der Waals surface area (Å²) in [5.74, 6) is 0. The lowest BCUT2D eigenvalue weighted by atomic mass is 9.82. The maximum absolute atomic E-state index is 4.70. The molecule has 0 atom stereocenters. The van der Waals surface area contributed by atoms with Crippen molar-refractivity contribution in [1.82, 2.24) is 4.98 Å². The van der Waals surface area contributed by atoms with E-state index in [1.807, 2.05) is 11.3 Å². The van der Waals surface area contributed by atoms with E-state index in [-0.39, 0.29) is 5.41 Å². The minimum atomic E-state index is 0.0391. The number of alkyl halides is 2. The normalized spacial score (nSPS) is 11.8. The van der Waals surface area contributed by atoms with Gasteiger partial charge in [-0.05, 0) is 31.5 Å². The fourth-order valence-electron chi connectivity index (χ4n) is 2.09. The molecule has 0 saturated carbocycles. The van der Waals surface area contributed by atoms with Crippen molar-refractivity contribution < 1.29 is 0 Å². The Labute approximate surface area is 149 Å². The molecule has 2 rings (SSSR count). The summed E-state index contributed by atoms with van der Waals surface area (Å²) in [4.78, 5) is 6.02. The van der Waals surface area contributed by atoms with Crippen LogP contribution >= 0.6 is 59.1 Å². The number of hydrogen-bond donors (Lipinski definition) is 0. The Hall–Kier alpha value is 0.290. The molecule has 2 aromatic rings. The Morgan fingerprint density at radius 2 is 1.70 bits per heavy atom. The van der Waals surface area contributed by atoms with Gasteiger partial charge >= 0.3 is 0 Å². The Morgan fingerprint density at radius 1 is 1.10 bits per heavy atom. The van der Waals surface area contributed by atoms with E-state index in [2.05, 4.69) is 85.9 Å². The van der Waals surface area contributed by atoms with E-state index in [1.165, 1.54) is 15.4 Å². The Bertz CT molecular complexity index is 554. The summed E-state index contributed by atoms with van der Waals surface area (Å²) in [7, 11) is 0. The van der Waals surface area contributed by atoms with E-state index >= 15 is 0 Å². The molecule has 0 N–H and O–H groups in total. The molecule has 5 heteroatoms. The highest BCUT2D eigenvalue weighted by atomic mass is 79.9. The molecule has 0 spiro atoms. The van der Waals surface area contributed by atoms with Gasteiger partial charge in [0.25, 0.3) is 0 Å². The molecule has 20 heavy (non-hydrogen) atoms. The van der Waals surface area contributed by atoms with E-state index in [0.29, 0.717) is 0 Å². The summed E-state index contributed by atoms with van der Waals surface area (Å²) in [6.45, 7) is 4.22. The summed E-state index contributed by atoms with van der Waals surface area (Å²) in [6.07, 6.45) is 0.949. The quantitative estimate of drug-likeness (QED) is 0.492.